The lowest BCUT2D eigenvalue weighted by molar-refractivity contribution is -0.175. The van der Waals surface area contributed by atoms with E-state index in [1.807, 2.05) is 0 Å². The summed E-state index contributed by atoms with van der Waals surface area (Å²) in [6, 6.07) is 6.37. The minimum Gasteiger partial charge on any atom is -0.479 e. The Kier molecular flexibility index (Phi) is 11.1. The largest absolute Gasteiger partial charge is 0.479 e. The molecule has 1 N–H and O–H groups in total. The second-order valence-corrected chi connectivity index (χ2v) is 11.3. The second kappa shape index (κ2) is 12.3. The molecule has 0 spiro atoms. The van der Waals surface area contributed by atoms with Crippen LogP contribution in [0.5, 0.6) is 0 Å². The number of alkyl halides is 3. The Balaban J connectivity index is 3.23. The molecule has 1 rings (SSSR count). The third kappa shape index (κ3) is 10.4. The number of nitrogens with zero attached hydrogens (tertiary/aromatic N) is 1. The number of thioether (sulfide) groups is 1. The number of carbonyl (C=O) groups excluding carboxylic acids is 1. The molecule has 0 radical (unpaired) electrons. The van der Waals surface area contributed by atoms with Crippen LogP contribution in [0.2, 0.25) is 0 Å². The number of carbonyl (C=O) groups is 1. The van der Waals surface area contributed by atoms with Crippen LogP contribution in [0.3, 0.4) is 0 Å². The van der Waals surface area contributed by atoms with Crippen molar-refractivity contribution in [1.29, 1.82) is 0 Å². The van der Waals surface area contributed by atoms with Gasteiger partial charge in [-0.15, -0.1) is 0 Å². The minimum absolute atomic E-state index is 0.0252. The molecule has 0 bridgehead atoms. The third-order valence-corrected chi connectivity index (χ3v) is 7.10. The Morgan fingerprint density at radius 1 is 1.32 bits per heavy atom. The van der Waals surface area contributed by atoms with Crippen molar-refractivity contribution in [2.75, 3.05) is 30.3 Å². The first kappa shape index (κ1) is 28.0. The smallest absolute Gasteiger partial charge is 0.393 e. The van der Waals surface area contributed by atoms with Gasteiger partial charge < -0.3 is 10.1 Å². The van der Waals surface area contributed by atoms with Crippen molar-refractivity contribution in [3.8, 4) is 0 Å². The number of amides is 1. The van der Waals surface area contributed by atoms with Crippen LogP contribution in [0.1, 0.15) is 20.3 Å². The van der Waals surface area contributed by atoms with Crippen molar-refractivity contribution in [3.05, 3.63) is 28.7 Å². The molecule has 0 heterocycles. The molecule has 1 aromatic carbocycles. The van der Waals surface area contributed by atoms with E-state index in [0.29, 0.717) is 5.69 Å². The van der Waals surface area contributed by atoms with Gasteiger partial charge in [-0.1, -0.05) is 27.7 Å². The van der Waals surface area contributed by atoms with Crippen LogP contribution < -0.4 is 9.62 Å². The molecule has 6 nitrogen and oxygen atoms in total. The number of sulfonamides is 1. The number of halogens is 4. The molecule has 31 heavy (non-hydrogen) atoms. The van der Waals surface area contributed by atoms with Crippen LogP contribution in [0, 0.1) is 5.92 Å². The van der Waals surface area contributed by atoms with Gasteiger partial charge in [-0.25, -0.2) is 8.42 Å². The van der Waals surface area contributed by atoms with Crippen LogP contribution in [0.15, 0.2) is 28.7 Å². The summed E-state index contributed by atoms with van der Waals surface area (Å²) in [5.41, 5.74) is 0.309. The van der Waals surface area contributed by atoms with Crippen molar-refractivity contribution in [3.63, 3.8) is 0 Å². The fraction of sp³-hybridized carbons (Fsp3) is 0.556. The average molecular weight is 565 g/mol. The van der Waals surface area contributed by atoms with Crippen LogP contribution >= 0.6 is 39.9 Å². The lowest BCUT2D eigenvalue weighted by Crippen LogP contribution is -2.41. The lowest BCUT2D eigenvalue weighted by atomic mass is 10.0. The van der Waals surface area contributed by atoms with Gasteiger partial charge in [0, 0.05) is 29.7 Å². The minimum atomic E-state index is -4.60. The fourth-order valence-electron chi connectivity index (χ4n) is 2.59. The van der Waals surface area contributed by atoms with E-state index in [4.69, 9.17) is 17.0 Å². The van der Waals surface area contributed by atoms with Gasteiger partial charge in [-0.3, -0.25) is 9.10 Å². The summed E-state index contributed by atoms with van der Waals surface area (Å²) in [6.45, 7) is 2.17. The number of rotatable bonds is 10. The predicted octanol–water partition coefficient (Wildman–Crippen LogP) is 4.34. The van der Waals surface area contributed by atoms with Gasteiger partial charge in [0.25, 0.3) is 0 Å². The standard InChI is InChI=1S/C18H24BrF3N2O4S3/c1-4-28-17(29)30-16(9-13(18(20,21)22)10-23-12(2)25)11-24(31(3,26)27)15-7-5-14(19)6-8-15/h5-8,13,16H,4,9-11H2,1-3H3,(H,23,25). The van der Waals surface area contributed by atoms with E-state index >= 15 is 0 Å². The number of hydrogen-bond acceptors (Lipinski definition) is 6. The summed E-state index contributed by atoms with van der Waals surface area (Å²) >= 11 is 9.21. The molecule has 0 saturated heterocycles. The number of benzene rings is 1. The molecule has 1 aromatic rings. The second-order valence-electron chi connectivity index (χ2n) is 6.60. The number of hydrogen-bond donors (Lipinski definition) is 1. The summed E-state index contributed by atoms with van der Waals surface area (Å²) < 4.78 is 72.6. The third-order valence-electron chi connectivity index (χ3n) is 4.02. The molecule has 0 aliphatic carbocycles. The fourth-order valence-corrected chi connectivity index (χ4v) is 5.44. The van der Waals surface area contributed by atoms with Gasteiger partial charge >= 0.3 is 6.18 Å². The molecule has 0 aromatic heterocycles. The van der Waals surface area contributed by atoms with E-state index in [1.54, 1.807) is 31.2 Å². The Bertz CT molecular complexity index is 852. The molecule has 13 heteroatoms. The van der Waals surface area contributed by atoms with Gasteiger partial charge in [0.15, 0.2) is 0 Å². The van der Waals surface area contributed by atoms with Gasteiger partial charge in [0.1, 0.15) is 0 Å². The zero-order valence-corrected chi connectivity index (χ0v) is 21.1. The highest BCUT2D eigenvalue weighted by atomic mass is 79.9. The van der Waals surface area contributed by atoms with Crippen LogP contribution in [-0.4, -0.2) is 56.1 Å². The van der Waals surface area contributed by atoms with Crippen molar-refractivity contribution in [1.82, 2.24) is 5.32 Å². The van der Waals surface area contributed by atoms with E-state index in [9.17, 15) is 26.4 Å². The van der Waals surface area contributed by atoms with Gasteiger partial charge in [0.2, 0.25) is 20.3 Å². The van der Waals surface area contributed by atoms with Crippen molar-refractivity contribution >= 4 is 65.9 Å². The van der Waals surface area contributed by atoms with Crippen molar-refractivity contribution in [2.24, 2.45) is 5.92 Å². The highest BCUT2D eigenvalue weighted by Crippen LogP contribution is 2.34. The Labute approximate surface area is 198 Å². The first-order valence-electron chi connectivity index (χ1n) is 9.11. The molecule has 0 aliphatic rings. The molecular weight excluding hydrogens is 541 g/mol. The SMILES string of the molecule is CCOC(=S)SC(CC(CNC(C)=O)C(F)(F)F)CN(c1ccc(Br)cc1)S(C)(=O)=O. The Morgan fingerprint density at radius 2 is 1.90 bits per heavy atom. The maximum absolute atomic E-state index is 13.6. The lowest BCUT2D eigenvalue weighted by Gasteiger charge is -2.30. The van der Waals surface area contributed by atoms with E-state index in [1.165, 1.54) is 0 Å². The number of thiocarbonyl (C=S) groups is 1. The molecule has 0 saturated carbocycles. The summed E-state index contributed by atoms with van der Waals surface area (Å²) in [6.07, 6.45) is -4.08. The normalized spacial score (nSPS) is 13.9. The highest BCUT2D eigenvalue weighted by Gasteiger charge is 2.41. The summed E-state index contributed by atoms with van der Waals surface area (Å²) in [5, 5.41) is 1.31. The number of nitrogens with one attached hydrogen (secondary N) is 1. The maximum atomic E-state index is 13.6. The predicted molar refractivity (Wildman–Crippen MR) is 125 cm³/mol. The van der Waals surface area contributed by atoms with Gasteiger partial charge in [0.05, 0.1) is 24.5 Å². The quantitative estimate of drug-likeness (QED) is 0.426. The summed E-state index contributed by atoms with van der Waals surface area (Å²) in [7, 11) is -3.80. The average Bonchev–Trinajstić information content (AvgIpc) is 2.61. The zero-order chi connectivity index (χ0) is 23.8. The molecule has 0 fully saturated rings. The Hall–Kier alpha value is -1.05. The molecule has 2 atom stereocenters. The first-order chi connectivity index (χ1) is 14.2. The summed E-state index contributed by atoms with van der Waals surface area (Å²) in [4.78, 5) is 11.1. The number of ether oxygens (including phenoxy) is 1. The zero-order valence-electron chi connectivity index (χ0n) is 17.1. The van der Waals surface area contributed by atoms with Gasteiger partial charge in [-0.05, 0) is 49.8 Å². The molecular formula is C18H24BrF3N2O4S3. The van der Waals surface area contributed by atoms with Crippen LogP contribution in [-0.2, 0) is 19.6 Å². The van der Waals surface area contributed by atoms with Gasteiger partial charge in [-0.2, -0.15) is 13.2 Å². The van der Waals surface area contributed by atoms with Crippen molar-refractivity contribution < 1.29 is 31.1 Å². The monoisotopic (exact) mass is 564 g/mol. The highest BCUT2D eigenvalue weighted by molar-refractivity contribution is 9.10. The maximum Gasteiger partial charge on any atom is 0.393 e. The van der Waals surface area contributed by atoms with E-state index in [-0.39, 0.29) is 17.5 Å². The summed E-state index contributed by atoms with van der Waals surface area (Å²) in [5.74, 6) is -2.47. The molecule has 2 unspecified atom stereocenters. The number of anilines is 1. The molecule has 176 valence electrons. The van der Waals surface area contributed by atoms with Crippen LogP contribution in [0.25, 0.3) is 0 Å². The van der Waals surface area contributed by atoms with Crippen LogP contribution in [0.4, 0.5) is 18.9 Å². The molecule has 0 aliphatic heterocycles. The van der Waals surface area contributed by atoms with Crippen molar-refractivity contribution in [2.45, 2.75) is 31.7 Å². The Morgan fingerprint density at radius 3 is 2.35 bits per heavy atom. The molecule has 1 amide bonds. The van der Waals surface area contributed by atoms with E-state index < -0.39 is 46.2 Å². The first-order valence-corrected chi connectivity index (χ1v) is 13.0. The van der Waals surface area contributed by atoms with E-state index in [2.05, 4.69) is 21.2 Å². The van der Waals surface area contributed by atoms with E-state index in [0.717, 1.165) is 33.7 Å². The topological polar surface area (TPSA) is 75.7 Å².